The van der Waals surface area contributed by atoms with E-state index in [1.54, 1.807) is 0 Å². The van der Waals surface area contributed by atoms with Gasteiger partial charge in [-0.05, 0) is 37.1 Å². The first kappa shape index (κ1) is 15.2. The van der Waals surface area contributed by atoms with Crippen molar-refractivity contribution in [1.29, 1.82) is 0 Å². The van der Waals surface area contributed by atoms with Gasteiger partial charge in [0.1, 0.15) is 0 Å². The number of hydrogen-bond donors (Lipinski definition) is 1. The molecule has 1 aliphatic heterocycles. The Bertz CT molecular complexity index is 376. The zero-order valence-electron chi connectivity index (χ0n) is 10.3. The monoisotopic (exact) mass is 291 g/mol. The van der Waals surface area contributed by atoms with Crippen molar-refractivity contribution >= 4 is 23.4 Å². The van der Waals surface area contributed by atoms with Crippen LogP contribution in [0.4, 0.5) is 0 Å². The lowest BCUT2D eigenvalue weighted by atomic mass is 10.1. The second-order valence-corrected chi connectivity index (χ2v) is 6.30. The lowest BCUT2D eigenvalue weighted by Crippen LogP contribution is -3.00. The lowest BCUT2D eigenvalue weighted by molar-refractivity contribution is -0.661. The summed E-state index contributed by atoms with van der Waals surface area (Å²) in [7, 11) is 0. The number of hydrogen-bond acceptors (Lipinski definition) is 1. The Hall–Kier alpha value is 0.110. The lowest BCUT2D eigenvalue weighted by Gasteiger charge is -2.21. The maximum Gasteiger partial charge on any atom is 0.0766 e. The SMILES string of the molecule is Cc1cc(SC2CC[NH2+]CC2)c(C)cc1Cl.[Cl-]. The maximum absolute atomic E-state index is 6.11. The molecule has 2 rings (SSSR count). The molecule has 0 atom stereocenters. The number of quaternary nitrogens is 1. The molecule has 0 spiro atoms. The van der Waals surface area contributed by atoms with Gasteiger partial charge in [-0.3, -0.25) is 0 Å². The number of thioether (sulfide) groups is 1. The molecule has 17 heavy (non-hydrogen) atoms. The third-order valence-electron chi connectivity index (χ3n) is 3.14. The van der Waals surface area contributed by atoms with Crippen LogP contribution in [-0.2, 0) is 0 Å². The van der Waals surface area contributed by atoms with Crippen LogP contribution in [0.15, 0.2) is 17.0 Å². The standard InChI is InChI=1S/C13H18ClNS.ClH/c1-9-8-13(10(2)7-12(9)14)16-11-3-5-15-6-4-11;/h7-8,11,15H,3-6H2,1-2H3;1H. The summed E-state index contributed by atoms with van der Waals surface area (Å²) in [6.07, 6.45) is 2.65. The zero-order valence-corrected chi connectivity index (χ0v) is 12.6. The topological polar surface area (TPSA) is 16.6 Å². The van der Waals surface area contributed by atoms with Crippen molar-refractivity contribution in [1.82, 2.24) is 0 Å². The van der Waals surface area contributed by atoms with Gasteiger partial charge in [0.15, 0.2) is 0 Å². The Balaban J connectivity index is 0.00000144. The fraction of sp³-hybridized carbons (Fsp3) is 0.538. The van der Waals surface area contributed by atoms with Crippen LogP contribution in [0.5, 0.6) is 0 Å². The van der Waals surface area contributed by atoms with Crippen molar-refractivity contribution < 1.29 is 17.7 Å². The summed E-state index contributed by atoms with van der Waals surface area (Å²) in [5.41, 5.74) is 2.51. The van der Waals surface area contributed by atoms with Gasteiger partial charge in [0.25, 0.3) is 0 Å². The highest BCUT2D eigenvalue weighted by molar-refractivity contribution is 8.00. The number of halogens is 2. The molecule has 1 aromatic rings. The van der Waals surface area contributed by atoms with Crippen molar-refractivity contribution in [2.75, 3.05) is 13.1 Å². The van der Waals surface area contributed by atoms with E-state index in [-0.39, 0.29) is 12.4 Å². The van der Waals surface area contributed by atoms with Crippen LogP contribution in [0.1, 0.15) is 24.0 Å². The van der Waals surface area contributed by atoms with Gasteiger partial charge in [0.05, 0.1) is 13.1 Å². The first-order valence-electron chi connectivity index (χ1n) is 5.92. The van der Waals surface area contributed by atoms with Crippen LogP contribution in [0.25, 0.3) is 0 Å². The Labute approximate surface area is 119 Å². The van der Waals surface area contributed by atoms with E-state index in [1.165, 1.54) is 42.0 Å². The third-order valence-corrected chi connectivity index (χ3v) is 5.04. The predicted molar refractivity (Wildman–Crippen MR) is 71.5 cm³/mol. The first-order chi connectivity index (χ1) is 7.66. The van der Waals surface area contributed by atoms with E-state index >= 15 is 0 Å². The summed E-state index contributed by atoms with van der Waals surface area (Å²) in [6, 6.07) is 4.33. The molecule has 4 heteroatoms. The number of rotatable bonds is 2. The van der Waals surface area contributed by atoms with Gasteiger partial charge in [-0.25, -0.2) is 0 Å². The molecule has 1 nitrogen and oxygen atoms in total. The van der Waals surface area contributed by atoms with Crippen LogP contribution >= 0.6 is 23.4 Å². The predicted octanol–water partition coefficient (Wildman–Crippen LogP) is -0.221. The minimum atomic E-state index is 0. The minimum Gasteiger partial charge on any atom is -1.00 e. The van der Waals surface area contributed by atoms with Crippen LogP contribution in [0.2, 0.25) is 5.02 Å². The molecule has 1 saturated heterocycles. The van der Waals surface area contributed by atoms with Crippen molar-refractivity contribution in [2.24, 2.45) is 0 Å². The molecule has 96 valence electrons. The van der Waals surface area contributed by atoms with E-state index in [2.05, 4.69) is 31.3 Å². The summed E-state index contributed by atoms with van der Waals surface area (Å²) in [6.45, 7) is 6.80. The van der Waals surface area contributed by atoms with Gasteiger partial charge in [0, 0.05) is 28.0 Å². The molecular weight excluding hydrogens is 273 g/mol. The maximum atomic E-state index is 6.11. The van der Waals surface area contributed by atoms with E-state index in [4.69, 9.17) is 11.6 Å². The zero-order chi connectivity index (χ0) is 11.5. The van der Waals surface area contributed by atoms with E-state index < -0.39 is 0 Å². The van der Waals surface area contributed by atoms with Crippen molar-refractivity contribution in [3.63, 3.8) is 0 Å². The molecule has 0 saturated carbocycles. The second kappa shape index (κ2) is 6.89. The molecule has 2 N–H and O–H groups in total. The summed E-state index contributed by atoms with van der Waals surface area (Å²) in [5.74, 6) is 0. The van der Waals surface area contributed by atoms with Crippen LogP contribution in [0, 0.1) is 13.8 Å². The molecule has 0 unspecified atom stereocenters. The number of benzene rings is 1. The second-order valence-electron chi connectivity index (χ2n) is 4.55. The van der Waals surface area contributed by atoms with E-state index in [9.17, 15) is 0 Å². The van der Waals surface area contributed by atoms with Gasteiger partial charge in [-0.15, -0.1) is 11.8 Å². The number of piperidine rings is 1. The van der Waals surface area contributed by atoms with Crippen LogP contribution in [-0.4, -0.2) is 18.3 Å². The van der Waals surface area contributed by atoms with Crippen molar-refractivity contribution in [2.45, 2.75) is 36.8 Å². The van der Waals surface area contributed by atoms with Gasteiger partial charge in [-0.2, -0.15) is 0 Å². The average molecular weight is 292 g/mol. The van der Waals surface area contributed by atoms with E-state index in [1.807, 2.05) is 11.8 Å². The van der Waals surface area contributed by atoms with Gasteiger partial charge >= 0.3 is 0 Å². The summed E-state index contributed by atoms with van der Waals surface area (Å²) < 4.78 is 0. The number of aryl methyl sites for hydroxylation is 2. The fourth-order valence-corrected chi connectivity index (χ4v) is 3.65. The van der Waals surface area contributed by atoms with Gasteiger partial charge < -0.3 is 17.7 Å². The molecule has 0 amide bonds. The molecular formula is C13H19Cl2NS. The molecule has 0 radical (unpaired) electrons. The Kier molecular flexibility index (Phi) is 6.14. The van der Waals surface area contributed by atoms with Crippen LogP contribution < -0.4 is 17.7 Å². The average Bonchev–Trinajstić information content (AvgIpc) is 2.27. The molecule has 0 aromatic heterocycles. The van der Waals surface area contributed by atoms with E-state index in [0.29, 0.717) is 0 Å². The van der Waals surface area contributed by atoms with E-state index in [0.717, 1.165) is 10.3 Å². The smallest absolute Gasteiger partial charge is 0.0766 e. The summed E-state index contributed by atoms with van der Waals surface area (Å²) in [5, 5.41) is 4.10. The largest absolute Gasteiger partial charge is 1.00 e. The molecule has 1 fully saturated rings. The summed E-state index contributed by atoms with van der Waals surface area (Å²) >= 11 is 8.15. The van der Waals surface area contributed by atoms with Gasteiger partial charge in [-0.1, -0.05) is 11.6 Å². The summed E-state index contributed by atoms with van der Waals surface area (Å²) in [4.78, 5) is 1.41. The molecule has 1 aromatic carbocycles. The van der Waals surface area contributed by atoms with Crippen molar-refractivity contribution in [3.8, 4) is 0 Å². The molecule has 0 bridgehead atoms. The Morgan fingerprint density at radius 2 is 1.82 bits per heavy atom. The molecule has 1 heterocycles. The Morgan fingerprint density at radius 1 is 1.18 bits per heavy atom. The highest BCUT2D eigenvalue weighted by Gasteiger charge is 2.17. The quantitative estimate of drug-likeness (QED) is 0.797. The highest BCUT2D eigenvalue weighted by atomic mass is 35.5. The highest BCUT2D eigenvalue weighted by Crippen LogP contribution is 2.33. The molecule has 0 aliphatic carbocycles. The Morgan fingerprint density at radius 3 is 2.47 bits per heavy atom. The van der Waals surface area contributed by atoms with Crippen molar-refractivity contribution in [3.05, 3.63) is 28.3 Å². The third kappa shape index (κ3) is 4.06. The van der Waals surface area contributed by atoms with Gasteiger partial charge in [0.2, 0.25) is 0 Å². The first-order valence-corrected chi connectivity index (χ1v) is 7.17. The normalized spacial score (nSPS) is 16.6. The number of nitrogens with two attached hydrogens (primary N) is 1. The molecule has 1 aliphatic rings. The fourth-order valence-electron chi connectivity index (χ4n) is 2.08. The minimum absolute atomic E-state index is 0. The van der Waals surface area contributed by atoms with Crippen LogP contribution in [0.3, 0.4) is 0 Å².